The monoisotopic (exact) mass is 636 g/mol. The molecule has 0 fully saturated rings. The number of carboxylic acid groups (broad SMARTS) is 1. The largest absolute Gasteiger partial charge is 1.00 e. The quantitative estimate of drug-likeness (QED) is 0.102. The Morgan fingerprint density at radius 3 is 2.12 bits per heavy atom. The van der Waals surface area contributed by atoms with Gasteiger partial charge in [-0.15, -0.1) is 7.94 Å². The summed E-state index contributed by atoms with van der Waals surface area (Å²) in [6.45, 7) is 0.249. The van der Waals surface area contributed by atoms with Crippen LogP contribution in [-0.4, -0.2) is 60.1 Å². The summed E-state index contributed by atoms with van der Waals surface area (Å²) < 4.78 is 0. The second-order valence-electron chi connectivity index (χ2n) is 8.09. The Kier molecular flexibility index (Phi) is 16.4. The SMILES string of the molecule is CN(Cc1cnc2nc(N)nc(N)c2n1)c1ccc(C(=O)NC(CC([P+]([O-])([O-])[O-])[P+]([O-])(O)O)C(=O)[O-])cc1.[Na+].[Na+].[Na+]. The molecule has 2 unspecified atom stereocenters. The fourth-order valence-corrected chi connectivity index (χ4v) is 5.81. The molecule has 2 atom stereocenters. The van der Waals surface area contributed by atoms with Crippen molar-refractivity contribution in [1.82, 2.24) is 25.3 Å². The molecule has 41 heavy (non-hydrogen) atoms. The van der Waals surface area contributed by atoms with Crippen LogP contribution in [0.3, 0.4) is 0 Å². The number of amides is 1. The minimum atomic E-state index is -5.91. The van der Waals surface area contributed by atoms with E-state index in [4.69, 9.17) is 21.3 Å². The zero-order valence-corrected chi connectivity index (χ0v) is 30.3. The van der Waals surface area contributed by atoms with Crippen LogP contribution < -0.4 is 135 Å². The van der Waals surface area contributed by atoms with Gasteiger partial charge in [0.25, 0.3) is 13.9 Å². The van der Waals surface area contributed by atoms with Gasteiger partial charge in [0, 0.05) is 24.7 Å². The van der Waals surface area contributed by atoms with Gasteiger partial charge in [-0.05, 0) is 24.3 Å². The van der Waals surface area contributed by atoms with Crippen molar-refractivity contribution in [2.45, 2.75) is 24.4 Å². The maximum Gasteiger partial charge on any atom is 1.00 e. The summed E-state index contributed by atoms with van der Waals surface area (Å²) >= 11 is 0. The molecule has 0 spiro atoms. The second kappa shape index (κ2) is 16.6. The number of fused-ring (bicyclic) bond motifs is 1. The molecule has 17 nitrogen and oxygen atoms in total. The van der Waals surface area contributed by atoms with Gasteiger partial charge in [0.2, 0.25) is 11.3 Å². The Labute approximate surface area is 300 Å². The summed E-state index contributed by atoms with van der Waals surface area (Å²) in [6.07, 6.45) is 0.0958. The smallest absolute Gasteiger partial charge is 0.685 e. The summed E-state index contributed by atoms with van der Waals surface area (Å²) in [5.41, 5.74) is 12.9. The first-order valence-electron chi connectivity index (χ1n) is 10.5. The molecular formula is C19H21N8Na3O9P2. The molecule has 0 bridgehead atoms. The molecule has 1 amide bonds. The number of nitrogens with zero attached hydrogens (tertiary/aromatic N) is 5. The normalized spacial score (nSPS) is 12.7. The third-order valence-electron chi connectivity index (χ3n) is 5.26. The number of rotatable bonds is 10. The molecule has 3 aromatic rings. The average Bonchev–Trinajstić information content (AvgIpc) is 2.80. The number of benzene rings is 1. The van der Waals surface area contributed by atoms with E-state index in [1.54, 1.807) is 11.9 Å². The molecule has 3 rings (SSSR count). The van der Waals surface area contributed by atoms with Crippen molar-refractivity contribution >= 4 is 56.4 Å². The van der Waals surface area contributed by atoms with Crippen LogP contribution in [0, 0.1) is 0 Å². The number of carboxylic acids is 1. The number of anilines is 3. The van der Waals surface area contributed by atoms with Crippen LogP contribution in [0.5, 0.6) is 0 Å². The van der Waals surface area contributed by atoms with E-state index in [9.17, 15) is 34.3 Å². The minimum Gasteiger partial charge on any atom is -0.685 e. The Morgan fingerprint density at radius 1 is 1.02 bits per heavy atom. The fourth-order valence-electron chi connectivity index (χ4n) is 3.38. The standard InChI is InChI=1S/C19H24N8O9P2.3Na/c1-27(8-10-7-22-16-14(23-10)15(20)25-19(21)26-16)11-4-2-9(3-5-11)17(28)24-12(18(29)30)6-13(37(31,32)33)38(34,35)36;;;/h2-5,7,12-13H,6,8H2,1H3,(H,24,28)(H,29,30)(H2,31,32,33)(H2,34,35,36)(H4,20,21,22,25,26);;;/q;3*+1/p-3. The number of aliphatic carboxylic acids is 1. The molecule has 2 aromatic heterocycles. The first kappa shape index (κ1) is 40.6. The minimum absolute atomic E-state index is 0. The molecule has 2 heterocycles. The fraction of sp³-hybridized carbons (Fsp3) is 0.263. The number of hydrogen-bond donors (Lipinski definition) is 5. The number of carbonyl (C=O) groups excluding carboxylic acids is 2. The zero-order valence-electron chi connectivity index (χ0n) is 22.5. The Hall–Kier alpha value is -0.400. The molecule has 1 aromatic carbocycles. The summed E-state index contributed by atoms with van der Waals surface area (Å²) in [4.78, 5) is 105. The predicted octanol–water partition coefficient (Wildman–Crippen LogP) is -14.3. The number of nitrogens with two attached hydrogens (primary N) is 2. The van der Waals surface area contributed by atoms with E-state index in [0.29, 0.717) is 11.4 Å². The van der Waals surface area contributed by atoms with E-state index < -0.39 is 45.6 Å². The molecule has 0 saturated heterocycles. The van der Waals surface area contributed by atoms with Gasteiger partial charge in [0.15, 0.2) is 17.0 Å². The van der Waals surface area contributed by atoms with Crippen molar-refractivity contribution in [3.63, 3.8) is 0 Å². The first-order valence-corrected chi connectivity index (χ1v) is 13.8. The summed E-state index contributed by atoms with van der Waals surface area (Å²) in [6, 6.07) is 3.49. The number of carbonyl (C=O) groups is 2. The van der Waals surface area contributed by atoms with Crippen LogP contribution in [0.15, 0.2) is 30.5 Å². The van der Waals surface area contributed by atoms with E-state index >= 15 is 0 Å². The van der Waals surface area contributed by atoms with Crippen LogP contribution in [0.2, 0.25) is 0 Å². The second-order valence-corrected chi connectivity index (χ2v) is 12.0. The van der Waals surface area contributed by atoms with Crippen LogP contribution in [0.25, 0.3) is 11.2 Å². The summed E-state index contributed by atoms with van der Waals surface area (Å²) in [7, 11) is -9.74. The maximum absolute atomic E-state index is 12.5. The first-order chi connectivity index (χ1) is 17.6. The van der Waals surface area contributed by atoms with Crippen LogP contribution in [0.4, 0.5) is 17.5 Å². The van der Waals surface area contributed by atoms with E-state index in [0.717, 1.165) is 0 Å². The Bertz CT molecular complexity index is 1340. The van der Waals surface area contributed by atoms with Gasteiger partial charge in [-0.1, -0.05) is 0 Å². The van der Waals surface area contributed by atoms with Gasteiger partial charge in [0.1, 0.15) is 0 Å². The van der Waals surface area contributed by atoms with Gasteiger partial charge < -0.3 is 51.2 Å². The van der Waals surface area contributed by atoms with E-state index in [2.05, 4.69) is 19.9 Å². The molecule has 0 radical (unpaired) electrons. The Balaban J connectivity index is 0.00000533. The summed E-state index contributed by atoms with van der Waals surface area (Å²) in [5.74, 6) is -3.02. The van der Waals surface area contributed by atoms with Crippen molar-refractivity contribution in [3.05, 3.63) is 41.7 Å². The van der Waals surface area contributed by atoms with Crippen molar-refractivity contribution in [1.29, 1.82) is 0 Å². The van der Waals surface area contributed by atoms with Crippen molar-refractivity contribution < 1.29 is 133 Å². The van der Waals surface area contributed by atoms with Crippen LogP contribution in [0.1, 0.15) is 22.5 Å². The van der Waals surface area contributed by atoms with E-state index in [-0.39, 0.29) is 124 Å². The van der Waals surface area contributed by atoms with Crippen molar-refractivity contribution in [3.8, 4) is 0 Å². The van der Waals surface area contributed by atoms with Gasteiger partial charge in [0.05, 0.1) is 30.4 Å². The maximum atomic E-state index is 12.5. The van der Waals surface area contributed by atoms with Crippen LogP contribution in [-0.2, 0) is 11.3 Å². The Morgan fingerprint density at radius 2 is 1.61 bits per heavy atom. The topological polar surface area (TPSA) is 309 Å². The summed E-state index contributed by atoms with van der Waals surface area (Å²) in [5, 5.41) is 10.4. The predicted molar refractivity (Wildman–Crippen MR) is 125 cm³/mol. The van der Waals surface area contributed by atoms with Gasteiger partial charge in [-0.25, -0.2) is 19.8 Å². The van der Waals surface area contributed by atoms with E-state index in [1.807, 2.05) is 5.32 Å². The van der Waals surface area contributed by atoms with Gasteiger partial charge in [-0.2, -0.15) is 9.97 Å². The zero-order chi connectivity index (χ0) is 28.4. The average molecular weight is 636 g/mol. The van der Waals surface area contributed by atoms with E-state index in [1.165, 1.54) is 30.5 Å². The van der Waals surface area contributed by atoms with Gasteiger partial charge in [-0.3, -0.25) is 4.79 Å². The molecule has 204 valence electrons. The molecule has 22 heteroatoms. The molecule has 0 aliphatic carbocycles. The molecule has 0 saturated carbocycles. The van der Waals surface area contributed by atoms with Gasteiger partial charge >= 0.3 is 88.7 Å². The molecule has 0 aliphatic rings. The number of nitrogens with one attached hydrogen (secondary N) is 1. The molecular weight excluding hydrogens is 615 g/mol. The molecule has 0 aliphatic heterocycles. The third kappa shape index (κ3) is 11.2. The number of hydrogen-bond acceptors (Lipinski definition) is 16. The molecule has 7 N–H and O–H groups in total. The third-order valence-corrected chi connectivity index (χ3v) is 8.94. The van der Waals surface area contributed by atoms with Crippen LogP contribution >= 0.6 is 15.9 Å². The number of nitrogen functional groups attached to an aromatic ring is 2. The van der Waals surface area contributed by atoms with Crippen molar-refractivity contribution in [2.75, 3.05) is 23.4 Å². The van der Waals surface area contributed by atoms with Crippen molar-refractivity contribution in [2.24, 2.45) is 0 Å². The number of aromatic nitrogens is 4.